The fourth-order valence-electron chi connectivity index (χ4n) is 5.27. The van der Waals surface area contributed by atoms with E-state index in [4.69, 9.17) is 9.47 Å². The third-order valence-electron chi connectivity index (χ3n) is 7.83. The standard InChI is InChI=1S/C42H35NO3/c1-30-9-19-36(20-10-30)43(37-21-11-31(2)12-22-37)38-23-13-32(14-24-38)29-41(33-15-25-39(45-3)26-16-33)34-17-27-40(28-18-34)46-42(44)35-7-5-4-6-8-35/h4-29H,1-3H3/b41-29-. The van der Waals surface area contributed by atoms with Crippen molar-refractivity contribution < 1.29 is 14.3 Å². The van der Waals surface area contributed by atoms with E-state index >= 15 is 0 Å². The van der Waals surface area contributed by atoms with Crippen molar-refractivity contribution in [3.63, 3.8) is 0 Å². The first kappa shape index (κ1) is 30.2. The van der Waals surface area contributed by atoms with Crippen LogP contribution in [-0.2, 0) is 0 Å². The summed E-state index contributed by atoms with van der Waals surface area (Å²) in [5, 5.41) is 0. The Bertz CT molecular complexity index is 1880. The fraction of sp³-hybridized carbons (Fsp3) is 0.0714. The maximum absolute atomic E-state index is 12.6. The van der Waals surface area contributed by atoms with Crippen LogP contribution in [0.3, 0.4) is 0 Å². The van der Waals surface area contributed by atoms with Crippen LogP contribution in [0.1, 0.15) is 38.2 Å². The molecule has 0 bridgehead atoms. The van der Waals surface area contributed by atoms with Crippen LogP contribution in [0.25, 0.3) is 11.6 Å². The lowest BCUT2D eigenvalue weighted by Gasteiger charge is -2.26. The molecule has 0 aliphatic rings. The second-order valence-electron chi connectivity index (χ2n) is 11.2. The molecular weight excluding hydrogens is 566 g/mol. The summed E-state index contributed by atoms with van der Waals surface area (Å²) >= 11 is 0. The number of aryl methyl sites for hydroxylation is 2. The minimum atomic E-state index is -0.385. The number of carbonyl (C=O) groups excluding carboxylic acids is 1. The van der Waals surface area contributed by atoms with Crippen molar-refractivity contribution in [1.82, 2.24) is 0 Å². The summed E-state index contributed by atoms with van der Waals surface area (Å²) in [6, 6.07) is 50.5. The van der Waals surface area contributed by atoms with Gasteiger partial charge in [-0.1, -0.05) is 90.0 Å². The van der Waals surface area contributed by atoms with Gasteiger partial charge in [0.25, 0.3) is 0 Å². The third kappa shape index (κ3) is 7.09. The molecule has 0 aromatic heterocycles. The molecule has 6 rings (SSSR count). The quantitative estimate of drug-likeness (QED) is 0.0939. The topological polar surface area (TPSA) is 38.8 Å². The van der Waals surface area contributed by atoms with Gasteiger partial charge in [-0.15, -0.1) is 0 Å². The molecule has 0 atom stereocenters. The summed E-state index contributed by atoms with van der Waals surface area (Å²) < 4.78 is 11.0. The lowest BCUT2D eigenvalue weighted by Crippen LogP contribution is -2.09. The number of carbonyl (C=O) groups is 1. The summed E-state index contributed by atoms with van der Waals surface area (Å²) in [4.78, 5) is 14.9. The normalized spacial score (nSPS) is 11.2. The highest BCUT2D eigenvalue weighted by Gasteiger charge is 2.14. The molecule has 0 unspecified atom stereocenters. The maximum Gasteiger partial charge on any atom is 0.343 e. The first-order valence-corrected chi connectivity index (χ1v) is 15.2. The molecule has 0 aliphatic heterocycles. The van der Waals surface area contributed by atoms with Crippen LogP contribution < -0.4 is 14.4 Å². The first-order chi connectivity index (χ1) is 22.5. The highest BCUT2D eigenvalue weighted by atomic mass is 16.5. The lowest BCUT2D eigenvalue weighted by atomic mass is 9.95. The summed E-state index contributed by atoms with van der Waals surface area (Å²) in [6.45, 7) is 4.21. The Labute approximate surface area is 270 Å². The van der Waals surface area contributed by atoms with E-state index in [1.807, 2.05) is 54.6 Å². The molecule has 0 radical (unpaired) electrons. The van der Waals surface area contributed by atoms with E-state index in [1.54, 1.807) is 19.2 Å². The average molecular weight is 602 g/mol. The summed E-state index contributed by atoms with van der Waals surface area (Å²) in [7, 11) is 1.67. The Balaban J connectivity index is 1.33. The minimum Gasteiger partial charge on any atom is -0.497 e. The fourth-order valence-corrected chi connectivity index (χ4v) is 5.27. The number of methoxy groups -OCH3 is 1. The van der Waals surface area contributed by atoms with Gasteiger partial charge in [-0.3, -0.25) is 0 Å². The van der Waals surface area contributed by atoms with Gasteiger partial charge in [-0.05, 0) is 115 Å². The summed E-state index contributed by atoms with van der Waals surface area (Å²) in [5.41, 5.74) is 10.4. The van der Waals surface area contributed by atoms with Crippen molar-refractivity contribution in [2.75, 3.05) is 12.0 Å². The number of esters is 1. The van der Waals surface area contributed by atoms with Crippen molar-refractivity contribution >= 4 is 34.7 Å². The highest BCUT2D eigenvalue weighted by Crippen LogP contribution is 2.36. The molecule has 0 aliphatic carbocycles. The zero-order chi connectivity index (χ0) is 31.9. The predicted octanol–water partition coefficient (Wildman–Crippen LogP) is 10.6. The van der Waals surface area contributed by atoms with Crippen molar-refractivity contribution in [3.05, 3.63) is 185 Å². The van der Waals surface area contributed by atoms with Gasteiger partial charge in [-0.2, -0.15) is 0 Å². The smallest absolute Gasteiger partial charge is 0.343 e. The van der Waals surface area contributed by atoms with Crippen LogP contribution >= 0.6 is 0 Å². The van der Waals surface area contributed by atoms with Crippen molar-refractivity contribution in [2.45, 2.75) is 13.8 Å². The van der Waals surface area contributed by atoms with Crippen LogP contribution in [0, 0.1) is 13.8 Å². The van der Waals surface area contributed by atoms with Gasteiger partial charge in [0.1, 0.15) is 11.5 Å². The van der Waals surface area contributed by atoms with Gasteiger partial charge in [-0.25, -0.2) is 4.79 Å². The molecule has 6 aromatic rings. The van der Waals surface area contributed by atoms with Crippen LogP contribution in [0.2, 0.25) is 0 Å². The third-order valence-corrected chi connectivity index (χ3v) is 7.83. The number of benzene rings is 6. The van der Waals surface area contributed by atoms with Crippen molar-refractivity contribution in [3.8, 4) is 11.5 Å². The molecule has 0 fully saturated rings. The first-order valence-electron chi connectivity index (χ1n) is 15.2. The highest BCUT2D eigenvalue weighted by molar-refractivity contribution is 5.93. The molecule has 4 nitrogen and oxygen atoms in total. The van der Waals surface area contributed by atoms with Gasteiger partial charge in [0.15, 0.2) is 0 Å². The van der Waals surface area contributed by atoms with Gasteiger partial charge < -0.3 is 14.4 Å². The van der Waals surface area contributed by atoms with Gasteiger partial charge in [0.05, 0.1) is 12.7 Å². The Morgan fingerprint density at radius 3 is 1.46 bits per heavy atom. The Kier molecular flexibility index (Phi) is 9.07. The number of rotatable bonds is 9. The molecule has 46 heavy (non-hydrogen) atoms. The van der Waals surface area contributed by atoms with Crippen LogP contribution in [-0.4, -0.2) is 13.1 Å². The molecule has 6 aromatic carbocycles. The van der Waals surface area contributed by atoms with Gasteiger partial charge >= 0.3 is 5.97 Å². The molecule has 0 N–H and O–H groups in total. The average Bonchev–Trinajstić information content (AvgIpc) is 3.10. The Morgan fingerprint density at radius 1 is 0.522 bits per heavy atom. The predicted molar refractivity (Wildman–Crippen MR) is 188 cm³/mol. The number of anilines is 3. The number of hydrogen-bond donors (Lipinski definition) is 0. The van der Waals surface area contributed by atoms with E-state index in [2.05, 4.69) is 110 Å². The number of nitrogens with zero attached hydrogens (tertiary/aromatic N) is 1. The van der Waals surface area contributed by atoms with Crippen LogP contribution in [0.5, 0.6) is 11.5 Å². The molecule has 0 saturated carbocycles. The van der Waals surface area contributed by atoms with Crippen LogP contribution in [0.4, 0.5) is 17.1 Å². The lowest BCUT2D eigenvalue weighted by molar-refractivity contribution is 0.0734. The van der Waals surface area contributed by atoms with E-state index in [0.29, 0.717) is 11.3 Å². The van der Waals surface area contributed by atoms with E-state index in [-0.39, 0.29) is 5.97 Å². The Morgan fingerprint density at radius 2 is 0.978 bits per heavy atom. The molecule has 4 heteroatoms. The molecule has 0 heterocycles. The second kappa shape index (κ2) is 13.8. The summed E-state index contributed by atoms with van der Waals surface area (Å²) in [6.07, 6.45) is 2.18. The maximum atomic E-state index is 12.6. The van der Waals surface area contributed by atoms with Gasteiger partial charge in [0.2, 0.25) is 0 Å². The molecule has 0 amide bonds. The zero-order valence-electron chi connectivity index (χ0n) is 26.2. The van der Waals surface area contributed by atoms with Crippen LogP contribution in [0.15, 0.2) is 152 Å². The monoisotopic (exact) mass is 601 g/mol. The molecular formula is C42H35NO3. The van der Waals surface area contributed by atoms with Crippen molar-refractivity contribution in [2.24, 2.45) is 0 Å². The zero-order valence-corrected chi connectivity index (χ0v) is 26.2. The molecule has 226 valence electrons. The van der Waals surface area contributed by atoms with E-state index in [1.165, 1.54) is 11.1 Å². The number of hydrogen-bond acceptors (Lipinski definition) is 4. The molecule has 0 saturated heterocycles. The minimum absolute atomic E-state index is 0.385. The van der Waals surface area contributed by atoms with E-state index in [0.717, 1.165) is 45.1 Å². The molecule has 0 spiro atoms. The second-order valence-corrected chi connectivity index (χ2v) is 11.2. The Hall–Kier alpha value is -5.87. The van der Waals surface area contributed by atoms with Crippen molar-refractivity contribution in [1.29, 1.82) is 0 Å². The van der Waals surface area contributed by atoms with E-state index < -0.39 is 0 Å². The largest absolute Gasteiger partial charge is 0.497 e. The van der Waals surface area contributed by atoms with Gasteiger partial charge in [0, 0.05) is 17.1 Å². The number of ether oxygens (including phenoxy) is 2. The summed E-state index contributed by atoms with van der Waals surface area (Å²) in [5.74, 6) is 0.899. The van der Waals surface area contributed by atoms with E-state index in [9.17, 15) is 4.79 Å². The SMILES string of the molecule is COc1ccc(/C(=C/c2ccc(N(c3ccc(C)cc3)c3ccc(C)cc3)cc2)c2ccc(OC(=O)c3ccccc3)cc2)cc1.